The molecule has 3 amide bonds. The Balaban J connectivity index is 1.80. The summed E-state index contributed by atoms with van der Waals surface area (Å²) in [5, 5.41) is 8.54. The Kier molecular flexibility index (Phi) is 4.86. The number of rotatable bonds is 3. The van der Waals surface area contributed by atoms with E-state index in [2.05, 4.69) is 31.9 Å². The van der Waals surface area contributed by atoms with Crippen LogP contribution in [0.4, 0.5) is 5.69 Å². The molecule has 0 unspecified atom stereocenters. The van der Waals surface area contributed by atoms with Gasteiger partial charge in [-0.2, -0.15) is 0 Å². The number of amides is 3. The molecule has 1 aromatic carbocycles. The lowest BCUT2D eigenvalue weighted by atomic mass is 9.96. The number of benzene rings is 1. The van der Waals surface area contributed by atoms with Crippen molar-refractivity contribution in [1.29, 1.82) is 0 Å². The molecule has 7 nitrogen and oxygen atoms in total. The maximum absolute atomic E-state index is 12.8. The van der Waals surface area contributed by atoms with Crippen LogP contribution in [-0.2, 0) is 9.59 Å². The van der Waals surface area contributed by atoms with E-state index >= 15 is 0 Å². The van der Waals surface area contributed by atoms with Crippen LogP contribution in [-0.4, -0.2) is 54.8 Å². The largest absolute Gasteiger partial charge is 0.352 e. The number of nitrogens with one attached hydrogen (secondary N) is 3. The van der Waals surface area contributed by atoms with Gasteiger partial charge in [-0.1, -0.05) is 15.9 Å². The van der Waals surface area contributed by atoms with E-state index in [4.69, 9.17) is 0 Å². The Hall–Kier alpha value is -1.93. The molecule has 0 saturated carbocycles. The van der Waals surface area contributed by atoms with Gasteiger partial charge in [0.05, 0.1) is 17.8 Å². The van der Waals surface area contributed by atoms with Crippen LogP contribution in [0.1, 0.15) is 23.2 Å². The van der Waals surface area contributed by atoms with Gasteiger partial charge in [-0.15, -0.1) is 0 Å². The third-order valence-electron chi connectivity index (χ3n) is 4.34. The summed E-state index contributed by atoms with van der Waals surface area (Å²) in [6, 6.07) is 4.55. The fraction of sp³-hybridized carbons (Fsp3) is 0.438. The number of anilines is 1. The van der Waals surface area contributed by atoms with Crippen LogP contribution in [0.15, 0.2) is 22.7 Å². The second kappa shape index (κ2) is 6.90. The zero-order chi connectivity index (χ0) is 17.3. The maximum atomic E-state index is 12.8. The van der Waals surface area contributed by atoms with Gasteiger partial charge in [-0.25, -0.2) is 0 Å². The lowest BCUT2D eigenvalue weighted by Crippen LogP contribution is -2.55. The Labute approximate surface area is 148 Å². The first kappa shape index (κ1) is 16.9. The number of fused-ring (bicyclic) bond motifs is 2. The molecular formula is C16H19BrN4O3. The first-order chi connectivity index (χ1) is 11.5. The van der Waals surface area contributed by atoms with Gasteiger partial charge in [0, 0.05) is 17.1 Å². The number of hydrogen-bond acceptors (Lipinski definition) is 4. The molecular weight excluding hydrogens is 376 g/mol. The molecule has 1 aromatic rings. The van der Waals surface area contributed by atoms with Crippen molar-refractivity contribution in [3.63, 3.8) is 0 Å². The van der Waals surface area contributed by atoms with Gasteiger partial charge in [-0.05, 0) is 38.1 Å². The summed E-state index contributed by atoms with van der Waals surface area (Å²) in [6.45, 7) is 0.669. The minimum Gasteiger partial charge on any atom is -0.352 e. The van der Waals surface area contributed by atoms with Crippen molar-refractivity contribution in [2.24, 2.45) is 0 Å². The highest BCUT2D eigenvalue weighted by Crippen LogP contribution is 2.30. The van der Waals surface area contributed by atoms with E-state index in [0.29, 0.717) is 30.6 Å². The minimum absolute atomic E-state index is 0.108. The summed E-state index contributed by atoms with van der Waals surface area (Å²) in [5.41, 5.74) is 1.01. The highest BCUT2D eigenvalue weighted by atomic mass is 79.9. The van der Waals surface area contributed by atoms with Crippen molar-refractivity contribution in [2.45, 2.75) is 24.9 Å². The lowest BCUT2D eigenvalue weighted by Gasteiger charge is -2.37. The van der Waals surface area contributed by atoms with Gasteiger partial charge >= 0.3 is 0 Å². The molecule has 2 aliphatic heterocycles. The number of likely N-dealkylation sites (N-methyl/N-ethyl adjacent to an activating group) is 1. The average molecular weight is 395 g/mol. The average Bonchev–Trinajstić information content (AvgIpc) is 2.64. The van der Waals surface area contributed by atoms with Crippen LogP contribution < -0.4 is 16.0 Å². The van der Waals surface area contributed by atoms with Gasteiger partial charge in [0.15, 0.2) is 0 Å². The number of carbonyl (C=O) groups excluding carboxylic acids is 3. The Bertz CT molecular complexity index is 694. The van der Waals surface area contributed by atoms with Crippen LogP contribution in [0.25, 0.3) is 0 Å². The number of nitrogens with zero attached hydrogens (tertiary/aromatic N) is 1. The van der Waals surface area contributed by atoms with Gasteiger partial charge in [-0.3, -0.25) is 14.4 Å². The highest BCUT2D eigenvalue weighted by Gasteiger charge is 2.40. The van der Waals surface area contributed by atoms with Gasteiger partial charge in [0.1, 0.15) is 6.04 Å². The fourth-order valence-electron chi connectivity index (χ4n) is 3.20. The quantitative estimate of drug-likeness (QED) is 0.703. The van der Waals surface area contributed by atoms with E-state index in [9.17, 15) is 14.4 Å². The summed E-state index contributed by atoms with van der Waals surface area (Å²) >= 11 is 3.36. The SMILES string of the molecule is CNCC(=O)N[C@H]1CCN2C(=O)c3cc(Br)ccc3NC(=O)[C@@H]2C1. The van der Waals surface area contributed by atoms with E-state index in [-0.39, 0.29) is 30.3 Å². The van der Waals surface area contributed by atoms with Crippen molar-refractivity contribution in [3.8, 4) is 0 Å². The molecule has 2 atom stereocenters. The molecule has 0 spiro atoms. The van der Waals surface area contributed by atoms with E-state index in [1.165, 1.54) is 0 Å². The molecule has 1 saturated heterocycles. The number of carbonyl (C=O) groups is 3. The second-order valence-corrected chi connectivity index (χ2v) is 6.93. The predicted molar refractivity (Wildman–Crippen MR) is 92.7 cm³/mol. The molecule has 0 bridgehead atoms. The number of hydrogen-bond donors (Lipinski definition) is 3. The predicted octanol–water partition coefficient (Wildman–Crippen LogP) is 0.710. The third kappa shape index (κ3) is 3.29. The molecule has 1 fully saturated rings. The van der Waals surface area contributed by atoms with E-state index in [1.807, 2.05) is 0 Å². The van der Waals surface area contributed by atoms with Crippen molar-refractivity contribution >= 4 is 39.3 Å². The summed E-state index contributed by atoms with van der Waals surface area (Å²) in [7, 11) is 1.70. The van der Waals surface area contributed by atoms with Crippen molar-refractivity contribution in [1.82, 2.24) is 15.5 Å². The van der Waals surface area contributed by atoms with Crippen LogP contribution in [0.5, 0.6) is 0 Å². The molecule has 128 valence electrons. The van der Waals surface area contributed by atoms with Crippen LogP contribution >= 0.6 is 15.9 Å². The first-order valence-electron chi connectivity index (χ1n) is 7.85. The summed E-state index contributed by atoms with van der Waals surface area (Å²) in [4.78, 5) is 38.7. The maximum Gasteiger partial charge on any atom is 0.256 e. The van der Waals surface area contributed by atoms with Crippen LogP contribution in [0.3, 0.4) is 0 Å². The topological polar surface area (TPSA) is 90.5 Å². The zero-order valence-electron chi connectivity index (χ0n) is 13.3. The summed E-state index contributed by atoms with van der Waals surface area (Å²) < 4.78 is 0.788. The van der Waals surface area contributed by atoms with Gasteiger partial charge in [0.2, 0.25) is 11.8 Å². The monoisotopic (exact) mass is 394 g/mol. The fourth-order valence-corrected chi connectivity index (χ4v) is 3.56. The Morgan fingerprint density at radius 2 is 2.21 bits per heavy atom. The molecule has 24 heavy (non-hydrogen) atoms. The van der Waals surface area contributed by atoms with Gasteiger partial charge in [0.25, 0.3) is 5.91 Å². The molecule has 3 rings (SSSR count). The van der Waals surface area contributed by atoms with E-state index in [0.717, 1.165) is 4.47 Å². The molecule has 0 aromatic heterocycles. The van der Waals surface area contributed by atoms with Crippen molar-refractivity contribution in [2.75, 3.05) is 25.5 Å². The third-order valence-corrected chi connectivity index (χ3v) is 4.83. The highest BCUT2D eigenvalue weighted by molar-refractivity contribution is 9.10. The number of piperidine rings is 1. The number of halogens is 1. The normalized spacial score (nSPS) is 23.0. The van der Waals surface area contributed by atoms with Crippen molar-refractivity contribution < 1.29 is 14.4 Å². The zero-order valence-corrected chi connectivity index (χ0v) is 14.9. The smallest absolute Gasteiger partial charge is 0.256 e. The lowest BCUT2D eigenvalue weighted by molar-refractivity contribution is -0.124. The first-order valence-corrected chi connectivity index (χ1v) is 8.64. The van der Waals surface area contributed by atoms with Crippen LogP contribution in [0, 0.1) is 0 Å². The van der Waals surface area contributed by atoms with E-state index < -0.39 is 6.04 Å². The molecule has 0 aliphatic carbocycles. The van der Waals surface area contributed by atoms with E-state index in [1.54, 1.807) is 30.1 Å². The van der Waals surface area contributed by atoms with Crippen molar-refractivity contribution in [3.05, 3.63) is 28.2 Å². The molecule has 2 aliphatic rings. The second-order valence-electron chi connectivity index (χ2n) is 6.01. The molecule has 8 heteroatoms. The van der Waals surface area contributed by atoms with Gasteiger partial charge < -0.3 is 20.9 Å². The molecule has 0 radical (unpaired) electrons. The summed E-state index contributed by atoms with van der Waals surface area (Å²) in [5.74, 6) is -0.477. The summed E-state index contributed by atoms with van der Waals surface area (Å²) in [6.07, 6.45) is 1.05. The Morgan fingerprint density at radius 1 is 1.42 bits per heavy atom. The standard InChI is InChI=1S/C16H19BrN4O3/c1-18-8-14(22)19-10-4-5-21-13(7-10)15(23)20-12-3-2-9(17)6-11(12)16(21)24/h2-3,6,10,13,18H,4-5,7-8H2,1H3,(H,19,22)(H,20,23)/t10-,13-/m0/s1. The molecule has 2 heterocycles. The minimum atomic E-state index is -0.572. The molecule has 3 N–H and O–H groups in total. The van der Waals surface area contributed by atoms with Crippen LogP contribution in [0.2, 0.25) is 0 Å². The Morgan fingerprint density at radius 3 is 2.96 bits per heavy atom.